The summed E-state index contributed by atoms with van der Waals surface area (Å²) in [7, 11) is 0. The fraction of sp³-hybridized carbons (Fsp3) is 1.00. The van der Waals surface area contributed by atoms with Crippen LogP contribution in [0.3, 0.4) is 0 Å². The van der Waals surface area contributed by atoms with E-state index < -0.39 is 11.1 Å². The maximum atomic E-state index is 10.5. The number of hydrogen-bond donors (Lipinski definition) is 1. The summed E-state index contributed by atoms with van der Waals surface area (Å²) < 4.78 is 24.7. The SMILES string of the molecule is CC(COC1CCCC1)CS(=O)O. The van der Waals surface area contributed by atoms with Crippen LogP contribution in [0.4, 0.5) is 0 Å². The van der Waals surface area contributed by atoms with Gasteiger partial charge in [0.15, 0.2) is 11.1 Å². The molecule has 1 fully saturated rings. The molecule has 1 saturated carbocycles. The smallest absolute Gasteiger partial charge is 0.153 e. The van der Waals surface area contributed by atoms with Crippen molar-refractivity contribution >= 4 is 11.1 Å². The van der Waals surface area contributed by atoms with Crippen LogP contribution in [0.5, 0.6) is 0 Å². The summed E-state index contributed by atoms with van der Waals surface area (Å²) in [5.41, 5.74) is 0. The Morgan fingerprint density at radius 2 is 2.15 bits per heavy atom. The van der Waals surface area contributed by atoms with Crippen molar-refractivity contribution in [2.24, 2.45) is 5.92 Å². The van der Waals surface area contributed by atoms with Gasteiger partial charge in [0, 0.05) is 0 Å². The Bertz CT molecular complexity index is 166. The first kappa shape index (κ1) is 11.1. The van der Waals surface area contributed by atoms with Gasteiger partial charge in [-0.05, 0) is 18.8 Å². The highest BCUT2D eigenvalue weighted by Gasteiger charge is 2.16. The molecule has 0 aromatic carbocycles. The molecule has 0 aromatic rings. The van der Waals surface area contributed by atoms with E-state index >= 15 is 0 Å². The van der Waals surface area contributed by atoms with Gasteiger partial charge in [-0.25, -0.2) is 4.21 Å². The van der Waals surface area contributed by atoms with Gasteiger partial charge in [-0.3, -0.25) is 0 Å². The number of hydrogen-bond acceptors (Lipinski definition) is 2. The van der Waals surface area contributed by atoms with Crippen molar-refractivity contribution in [1.82, 2.24) is 0 Å². The average Bonchev–Trinajstić information content (AvgIpc) is 2.51. The largest absolute Gasteiger partial charge is 0.378 e. The molecule has 78 valence electrons. The minimum atomic E-state index is -1.68. The minimum Gasteiger partial charge on any atom is -0.378 e. The Balaban J connectivity index is 2.06. The topological polar surface area (TPSA) is 46.5 Å². The summed E-state index contributed by atoms with van der Waals surface area (Å²) in [6.07, 6.45) is 5.27. The predicted molar refractivity (Wildman–Crippen MR) is 53.0 cm³/mol. The molecule has 0 heterocycles. The molecule has 2 unspecified atom stereocenters. The molecular weight excluding hydrogens is 188 g/mol. The molecule has 0 spiro atoms. The van der Waals surface area contributed by atoms with Crippen LogP contribution in [-0.2, 0) is 15.8 Å². The van der Waals surface area contributed by atoms with Crippen LogP contribution in [0.1, 0.15) is 32.6 Å². The lowest BCUT2D eigenvalue weighted by molar-refractivity contribution is 0.0412. The molecule has 1 N–H and O–H groups in total. The van der Waals surface area contributed by atoms with Crippen molar-refractivity contribution in [1.29, 1.82) is 0 Å². The summed E-state index contributed by atoms with van der Waals surface area (Å²) in [6.45, 7) is 2.57. The van der Waals surface area contributed by atoms with Gasteiger partial charge in [0.2, 0.25) is 0 Å². The van der Waals surface area contributed by atoms with Gasteiger partial charge >= 0.3 is 0 Å². The van der Waals surface area contributed by atoms with Gasteiger partial charge in [0.1, 0.15) is 0 Å². The zero-order valence-electron chi connectivity index (χ0n) is 8.07. The molecule has 0 bridgehead atoms. The third-order valence-electron chi connectivity index (χ3n) is 2.35. The first-order valence-corrected chi connectivity index (χ1v) is 6.15. The fourth-order valence-electron chi connectivity index (χ4n) is 1.65. The second-order valence-corrected chi connectivity index (χ2v) is 4.81. The van der Waals surface area contributed by atoms with Gasteiger partial charge in [0.25, 0.3) is 0 Å². The van der Waals surface area contributed by atoms with Crippen LogP contribution in [0.25, 0.3) is 0 Å². The van der Waals surface area contributed by atoms with E-state index in [4.69, 9.17) is 9.29 Å². The summed E-state index contributed by atoms with van der Waals surface area (Å²) in [5, 5.41) is 0. The molecule has 3 nitrogen and oxygen atoms in total. The van der Waals surface area contributed by atoms with Crippen molar-refractivity contribution in [2.75, 3.05) is 12.4 Å². The fourth-order valence-corrected chi connectivity index (χ4v) is 2.23. The van der Waals surface area contributed by atoms with Crippen LogP contribution in [-0.4, -0.2) is 27.2 Å². The molecular formula is C9H18O3S. The highest BCUT2D eigenvalue weighted by molar-refractivity contribution is 7.79. The first-order chi connectivity index (χ1) is 6.18. The van der Waals surface area contributed by atoms with Crippen LogP contribution < -0.4 is 0 Å². The maximum Gasteiger partial charge on any atom is 0.153 e. The normalized spacial score (nSPS) is 23.2. The third kappa shape index (κ3) is 4.74. The molecule has 0 aliphatic heterocycles. The molecule has 1 rings (SSSR count). The van der Waals surface area contributed by atoms with Crippen LogP contribution >= 0.6 is 0 Å². The molecule has 0 saturated heterocycles. The van der Waals surface area contributed by atoms with Crippen molar-refractivity contribution in [3.8, 4) is 0 Å². The average molecular weight is 206 g/mol. The van der Waals surface area contributed by atoms with Crippen LogP contribution in [0.2, 0.25) is 0 Å². The molecule has 2 atom stereocenters. The molecule has 1 aliphatic rings. The maximum absolute atomic E-state index is 10.5. The highest BCUT2D eigenvalue weighted by Crippen LogP contribution is 2.21. The van der Waals surface area contributed by atoms with E-state index in [1.807, 2.05) is 6.92 Å². The van der Waals surface area contributed by atoms with E-state index in [0.717, 1.165) is 12.8 Å². The summed E-state index contributed by atoms with van der Waals surface area (Å²) >= 11 is -1.68. The van der Waals surface area contributed by atoms with Gasteiger partial charge in [-0.1, -0.05) is 19.8 Å². The van der Waals surface area contributed by atoms with Gasteiger partial charge in [-0.2, -0.15) is 0 Å². The minimum absolute atomic E-state index is 0.187. The van der Waals surface area contributed by atoms with E-state index in [2.05, 4.69) is 0 Å². The Morgan fingerprint density at radius 1 is 1.54 bits per heavy atom. The zero-order valence-corrected chi connectivity index (χ0v) is 8.89. The van der Waals surface area contributed by atoms with E-state index in [1.54, 1.807) is 0 Å². The first-order valence-electron chi connectivity index (χ1n) is 4.87. The molecule has 0 amide bonds. The second kappa shape index (κ2) is 5.73. The van der Waals surface area contributed by atoms with E-state index in [1.165, 1.54) is 12.8 Å². The lowest BCUT2D eigenvalue weighted by Crippen LogP contribution is -2.18. The predicted octanol–water partition coefficient (Wildman–Crippen LogP) is 1.80. The monoisotopic (exact) mass is 206 g/mol. The van der Waals surface area contributed by atoms with Gasteiger partial charge in [-0.15, -0.1) is 0 Å². The summed E-state index contributed by atoms with van der Waals surface area (Å²) in [5.74, 6) is 0.513. The van der Waals surface area contributed by atoms with E-state index in [0.29, 0.717) is 18.5 Å². The van der Waals surface area contributed by atoms with E-state index in [-0.39, 0.29) is 5.92 Å². The number of rotatable bonds is 5. The Hall–Kier alpha value is 0.0700. The van der Waals surface area contributed by atoms with Crippen molar-refractivity contribution in [3.05, 3.63) is 0 Å². The van der Waals surface area contributed by atoms with Crippen molar-refractivity contribution in [2.45, 2.75) is 38.7 Å². The van der Waals surface area contributed by atoms with Crippen LogP contribution in [0.15, 0.2) is 0 Å². The Morgan fingerprint density at radius 3 is 2.69 bits per heavy atom. The van der Waals surface area contributed by atoms with Gasteiger partial charge in [0.05, 0.1) is 18.5 Å². The van der Waals surface area contributed by atoms with Gasteiger partial charge < -0.3 is 9.29 Å². The Labute approximate surface area is 82.1 Å². The molecule has 13 heavy (non-hydrogen) atoms. The Kier molecular flexibility index (Phi) is 4.91. The summed E-state index contributed by atoms with van der Waals surface area (Å²) in [4.78, 5) is 0. The molecule has 4 heteroatoms. The lowest BCUT2D eigenvalue weighted by atomic mass is 10.2. The third-order valence-corrected chi connectivity index (χ3v) is 3.20. The molecule has 1 aliphatic carbocycles. The van der Waals surface area contributed by atoms with E-state index in [9.17, 15) is 4.21 Å². The standard InChI is InChI=1S/C9H18O3S/c1-8(7-13(10)11)6-12-9-4-2-3-5-9/h8-9H,2-7H2,1H3,(H,10,11). The molecule has 0 radical (unpaired) electrons. The highest BCUT2D eigenvalue weighted by atomic mass is 32.2. The van der Waals surface area contributed by atoms with Crippen molar-refractivity contribution in [3.63, 3.8) is 0 Å². The summed E-state index contributed by atoms with van der Waals surface area (Å²) in [6, 6.07) is 0. The number of ether oxygens (including phenoxy) is 1. The van der Waals surface area contributed by atoms with Crippen LogP contribution in [0, 0.1) is 5.92 Å². The second-order valence-electron chi connectivity index (χ2n) is 3.83. The zero-order chi connectivity index (χ0) is 9.68. The quantitative estimate of drug-likeness (QED) is 0.698. The molecule has 0 aromatic heterocycles. The lowest BCUT2D eigenvalue weighted by Gasteiger charge is -2.14. The van der Waals surface area contributed by atoms with Crippen molar-refractivity contribution < 1.29 is 13.5 Å².